The van der Waals surface area contributed by atoms with Crippen molar-refractivity contribution in [3.05, 3.63) is 66.6 Å². The minimum absolute atomic E-state index is 0.551. The fraction of sp³-hybridized carbons (Fsp3) is 0.357. The molecular weight excluding hydrogens is 420 g/mol. The third-order valence-electron chi connectivity index (χ3n) is 7.96. The first-order chi connectivity index (χ1) is 16.8. The number of fused-ring (bicyclic) bond motifs is 2. The van der Waals surface area contributed by atoms with E-state index in [4.69, 9.17) is 9.97 Å². The number of hydrogen-bond donors (Lipinski definition) is 2. The van der Waals surface area contributed by atoms with E-state index in [-0.39, 0.29) is 0 Å². The predicted octanol–water partition coefficient (Wildman–Crippen LogP) is 6.31. The van der Waals surface area contributed by atoms with Gasteiger partial charge in [0, 0.05) is 35.1 Å². The molecule has 3 fully saturated rings. The summed E-state index contributed by atoms with van der Waals surface area (Å²) in [5.41, 5.74) is 4.19. The van der Waals surface area contributed by atoms with Crippen LogP contribution in [0.4, 0.5) is 17.3 Å². The summed E-state index contributed by atoms with van der Waals surface area (Å²) in [6.45, 7) is 0. The van der Waals surface area contributed by atoms with E-state index in [1.807, 2.05) is 61.1 Å². The number of para-hydroxylation sites is 1. The minimum atomic E-state index is 0.551. The first-order valence-corrected chi connectivity index (χ1v) is 12.5. The van der Waals surface area contributed by atoms with Gasteiger partial charge in [0.2, 0.25) is 0 Å². The molecule has 0 amide bonds. The molecule has 170 valence electrons. The molecule has 2 N–H and O–H groups in total. The van der Waals surface area contributed by atoms with Crippen molar-refractivity contribution in [3.63, 3.8) is 0 Å². The number of nitrogens with one attached hydrogen (secondary N) is 2. The molecule has 7 rings (SSSR count). The Bertz CT molecular complexity index is 1340. The molecule has 3 aromatic heterocycles. The van der Waals surface area contributed by atoms with E-state index in [2.05, 4.69) is 20.6 Å². The Morgan fingerprint density at radius 3 is 2.47 bits per heavy atom. The molecule has 2 unspecified atom stereocenters. The fourth-order valence-electron chi connectivity index (χ4n) is 5.87. The molecule has 6 heteroatoms. The SMILES string of the molecule is c1ccc(Nc2cc(-c3nc(NC4C5CCCC54)c4c(C5CCC5)cncc4n3)ccn2)cc1. The van der Waals surface area contributed by atoms with Gasteiger partial charge in [0.25, 0.3) is 0 Å². The van der Waals surface area contributed by atoms with Gasteiger partial charge in [-0.2, -0.15) is 0 Å². The van der Waals surface area contributed by atoms with Crippen molar-refractivity contribution in [3.8, 4) is 11.4 Å². The lowest BCUT2D eigenvalue weighted by Gasteiger charge is -2.27. The van der Waals surface area contributed by atoms with Gasteiger partial charge in [0.15, 0.2) is 5.82 Å². The number of anilines is 3. The lowest BCUT2D eigenvalue weighted by molar-refractivity contribution is 0.421. The Hall–Kier alpha value is -3.54. The predicted molar refractivity (Wildman–Crippen MR) is 135 cm³/mol. The summed E-state index contributed by atoms with van der Waals surface area (Å²) in [7, 11) is 0. The number of aromatic nitrogens is 4. The first kappa shape index (κ1) is 19.9. The third kappa shape index (κ3) is 3.49. The summed E-state index contributed by atoms with van der Waals surface area (Å²) in [6, 6.07) is 14.6. The molecule has 0 saturated heterocycles. The summed E-state index contributed by atoms with van der Waals surface area (Å²) in [4.78, 5) is 19.2. The molecule has 1 aromatic carbocycles. The van der Waals surface area contributed by atoms with Gasteiger partial charge in [-0.1, -0.05) is 31.0 Å². The maximum atomic E-state index is 5.12. The molecule has 2 atom stereocenters. The molecule has 4 aromatic rings. The topological polar surface area (TPSA) is 75.6 Å². The summed E-state index contributed by atoms with van der Waals surface area (Å²) >= 11 is 0. The van der Waals surface area contributed by atoms with E-state index in [1.165, 1.54) is 49.5 Å². The van der Waals surface area contributed by atoms with Gasteiger partial charge in [0.05, 0.1) is 11.7 Å². The molecule has 3 saturated carbocycles. The van der Waals surface area contributed by atoms with Crippen LogP contribution in [0.15, 0.2) is 61.1 Å². The van der Waals surface area contributed by atoms with Crippen LogP contribution in [0, 0.1) is 11.8 Å². The van der Waals surface area contributed by atoms with Crippen LogP contribution in [0.2, 0.25) is 0 Å². The number of rotatable bonds is 6. The molecule has 3 aliphatic carbocycles. The standard InChI is InChI=1S/C28H28N6/c1-2-8-19(9-3-1)31-24-14-18(12-13-30-24)27-32-23-16-29-15-22(17-6-4-7-17)25(23)28(34-27)33-26-20-10-5-11-21(20)26/h1-3,8-9,12-17,20-21,26H,4-7,10-11H2,(H,30,31)(H,32,33,34). The van der Waals surface area contributed by atoms with E-state index in [9.17, 15) is 0 Å². The average Bonchev–Trinajstić information content (AvgIpc) is 3.23. The quantitative estimate of drug-likeness (QED) is 0.360. The smallest absolute Gasteiger partial charge is 0.162 e. The van der Waals surface area contributed by atoms with Gasteiger partial charge < -0.3 is 10.6 Å². The van der Waals surface area contributed by atoms with E-state index in [1.54, 1.807) is 0 Å². The number of pyridine rings is 2. The zero-order valence-corrected chi connectivity index (χ0v) is 19.1. The van der Waals surface area contributed by atoms with Crippen LogP contribution in [0.25, 0.3) is 22.3 Å². The zero-order valence-electron chi connectivity index (χ0n) is 19.1. The maximum absolute atomic E-state index is 5.12. The van der Waals surface area contributed by atoms with Crippen molar-refractivity contribution in [1.29, 1.82) is 0 Å². The molecule has 0 radical (unpaired) electrons. The minimum Gasteiger partial charge on any atom is -0.366 e. The number of hydrogen-bond acceptors (Lipinski definition) is 6. The molecule has 0 bridgehead atoms. The van der Waals surface area contributed by atoms with Gasteiger partial charge in [-0.15, -0.1) is 0 Å². The first-order valence-electron chi connectivity index (χ1n) is 12.5. The Labute approximate surface area is 199 Å². The van der Waals surface area contributed by atoms with Crippen LogP contribution in [0.3, 0.4) is 0 Å². The molecule has 6 nitrogen and oxygen atoms in total. The van der Waals surface area contributed by atoms with Crippen LogP contribution >= 0.6 is 0 Å². The number of nitrogens with zero attached hydrogens (tertiary/aromatic N) is 4. The van der Waals surface area contributed by atoms with Crippen molar-refractivity contribution in [1.82, 2.24) is 19.9 Å². The fourth-order valence-corrected chi connectivity index (χ4v) is 5.87. The van der Waals surface area contributed by atoms with E-state index >= 15 is 0 Å². The van der Waals surface area contributed by atoms with Gasteiger partial charge in [-0.05, 0) is 73.3 Å². The van der Waals surface area contributed by atoms with Crippen LogP contribution < -0.4 is 10.6 Å². The highest BCUT2D eigenvalue weighted by Crippen LogP contribution is 2.53. The molecule has 0 aliphatic heterocycles. The summed E-state index contributed by atoms with van der Waals surface area (Å²) in [5, 5.41) is 8.41. The molecule has 0 spiro atoms. The lowest BCUT2D eigenvalue weighted by Crippen LogP contribution is -2.14. The molecule has 3 heterocycles. The van der Waals surface area contributed by atoms with E-state index in [0.717, 1.165) is 40.2 Å². The van der Waals surface area contributed by atoms with E-state index < -0.39 is 0 Å². The van der Waals surface area contributed by atoms with Crippen molar-refractivity contribution < 1.29 is 0 Å². The Balaban J connectivity index is 1.29. The molecular formula is C28H28N6. The van der Waals surface area contributed by atoms with Crippen LogP contribution in [-0.4, -0.2) is 26.0 Å². The molecule has 34 heavy (non-hydrogen) atoms. The van der Waals surface area contributed by atoms with Crippen molar-refractivity contribution >= 4 is 28.2 Å². The van der Waals surface area contributed by atoms with Crippen molar-refractivity contribution in [2.24, 2.45) is 11.8 Å². The highest BCUT2D eigenvalue weighted by Gasteiger charge is 2.52. The van der Waals surface area contributed by atoms with Gasteiger partial charge >= 0.3 is 0 Å². The second kappa shape index (κ2) is 8.05. The Morgan fingerprint density at radius 1 is 0.853 bits per heavy atom. The lowest BCUT2D eigenvalue weighted by atomic mass is 9.79. The second-order valence-electron chi connectivity index (χ2n) is 10.00. The Morgan fingerprint density at radius 2 is 1.68 bits per heavy atom. The van der Waals surface area contributed by atoms with Gasteiger partial charge in [-0.25, -0.2) is 15.0 Å². The van der Waals surface area contributed by atoms with Crippen molar-refractivity contribution in [2.45, 2.75) is 50.5 Å². The highest BCUT2D eigenvalue weighted by molar-refractivity contribution is 5.93. The zero-order chi connectivity index (χ0) is 22.5. The summed E-state index contributed by atoms with van der Waals surface area (Å²) in [6.07, 6.45) is 13.6. The van der Waals surface area contributed by atoms with Crippen molar-refractivity contribution in [2.75, 3.05) is 10.6 Å². The monoisotopic (exact) mass is 448 g/mol. The largest absolute Gasteiger partial charge is 0.366 e. The van der Waals surface area contributed by atoms with E-state index in [0.29, 0.717) is 17.8 Å². The number of benzene rings is 1. The second-order valence-corrected chi connectivity index (χ2v) is 10.00. The highest BCUT2D eigenvalue weighted by atomic mass is 15.1. The molecule has 3 aliphatic rings. The third-order valence-corrected chi connectivity index (χ3v) is 7.96. The van der Waals surface area contributed by atoms with Gasteiger partial charge in [-0.3, -0.25) is 4.98 Å². The average molecular weight is 449 g/mol. The van der Waals surface area contributed by atoms with Gasteiger partial charge in [0.1, 0.15) is 11.6 Å². The van der Waals surface area contributed by atoms with Crippen LogP contribution in [-0.2, 0) is 0 Å². The summed E-state index contributed by atoms with van der Waals surface area (Å²) < 4.78 is 0. The van der Waals surface area contributed by atoms with Crippen LogP contribution in [0.1, 0.15) is 50.0 Å². The van der Waals surface area contributed by atoms with Crippen LogP contribution in [0.5, 0.6) is 0 Å². The maximum Gasteiger partial charge on any atom is 0.162 e. The normalized spacial score (nSPS) is 23.4. The Kier molecular flexibility index (Phi) is 4.71. The summed E-state index contributed by atoms with van der Waals surface area (Å²) in [5.74, 6) is 4.67.